The van der Waals surface area contributed by atoms with Crippen molar-refractivity contribution < 1.29 is 13.9 Å². The predicted molar refractivity (Wildman–Crippen MR) is 109 cm³/mol. The molecule has 1 amide bonds. The molecule has 4 nitrogen and oxygen atoms in total. The van der Waals surface area contributed by atoms with Gasteiger partial charge in [-0.1, -0.05) is 17.4 Å². The summed E-state index contributed by atoms with van der Waals surface area (Å²) in [6.45, 7) is 3.64. The van der Waals surface area contributed by atoms with E-state index in [0.717, 1.165) is 23.1 Å². The molecule has 0 fully saturated rings. The monoisotopic (exact) mass is 398 g/mol. The summed E-state index contributed by atoms with van der Waals surface area (Å²) >= 11 is 1.33. The largest absolute Gasteiger partial charge is 0.380 e. The second-order valence-corrected chi connectivity index (χ2v) is 7.96. The number of halogens is 1. The SMILES string of the molecule is CCOCCn1c(=NC(=O)c2ccc3c(c2)CCCC3)sc2cc(F)ccc21. The molecule has 146 valence electrons. The number of rotatable bonds is 5. The molecule has 0 saturated heterocycles. The van der Waals surface area contributed by atoms with Crippen LogP contribution in [-0.2, 0) is 24.1 Å². The number of aromatic nitrogens is 1. The Kier molecular flexibility index (Phi) is 5.69. The Morgan fingerprint density at radius 2 is 2.00 bits per heavy atom. The van der Waals surface area contributed by atoms with Crippen molar-refractivity contribution in [3.8, 4) is 0 Å². The molecule has 0 spiro atoms. The molecule has 0 atom stereocenters. The van der Waals surface area contributed by atoms with Crippen LogP contribution in [-0.4, -0.2) is 23.7 Å². The number of amides is 1. The average Bonchev–Trinajstić information content (AvgIpc) is 3.04. The van der Waals surface area contributed by atoms with Gasteiger partial charge in [-0.15, -0.1) is 0 Å². The molecule has 0 aliphatic heterocycles. The first-order chi connectivity index (χ1) is 13.7. The second-order valence-electron chi connectivity index (χ2n) is 6.95. The smallest absolute Gasteiger partial charge is 0.279 e. The molecule has 0 unspecified atom stereocenters. The number of ether oxygens (including phenoxy) is 1. The predicted octanol–water partition coefficient (Wildman–Crippen LogP) is 4.50. The lowest BCUT2D eigenvalue weighted by Crippen LogP contribution is -2.20. The van der Waals surface area contributed by atoms with Crippen LogP contribution in [0.4, 0.5) is 4.39 Å². The lowest BCUT2D eigenvalue weighted by molar-refractivity contribution is 0.0996. The van der Waals surface area contributed by atoms with Crippen LogP contribution in [0.1, 0.15) is 41.3 Å². The average molecular weight is 399 g/mol. The minimum absolute atomic E-state index is 0.259. The van der Waals surface area contributed by atoms with Gasteiger partial charge < -0.3 is 9.30 Å². The van der Waals surface area contributed by atoms with Gasteiger partial charge in [-0.3, -0.25) is 4.79 Å². The van der Waals surface area contributed by atoms with E-state index in [0.29, 0.717) is 30.1 Å². The van der Waals surface area contributed by atoms with E-state index in [-0.39, 0.29) is 11.7 Å². The molecule has 3 aromatic rings. The molecule has 0 N–H and O–H groups in total. The standard InChI is InChI=1S/C22H23FN2O2S/c1-2-27-12-11-25-19-10-9-18(23)14-20(19)28-22(25)24-21(26)17-8-7-15-5-3-4-6-16(15)13-17/h7-10,13-14H,2-6,11-12H2,1H3. The zero-order valence-corrected chi connectivity index (χ0v) is 16.7. The van der Waals surface area contributed by atoms with Crippen molar-refractivity contribution in [1.82, 2.24) is 4.57 Å². The molecule has 1 aromatic heterocycles. The fraction of sp³-hybridized carbons (Fsp3) is 0.364. The van der Waals surface area contributed by atoms with E-state index in [1.54, 1.807) is 6.07 Å². The molecular formula is C22H23FN2O2S. The number of thiazole rings is 1. The van der Waals surface area contributed by atoms with Crippen LogP contribution >= 0.6 is 11.3 Å². The van der Waals surface area contributed by atoms with E-state index >= 15 is 0 Å². The van der Waals surface area contributed by atoms with E-state index in [1.165, 1.54) is 47.4 Å². The maximum absolute atomic E-state index is 13.6. The van der Waals surface area contributed by atoms with E-state index in [2.05, 4.69) is 11.1 Å². The fourth-order valence-corrected chi connectivity index (χ4v) is 4.75. The summed E-state index contributed by atoms with van der Waals surface area (Å²) < 4.78 is 21.8. The number of benzene rings is 2. The Labute approximate surface area is 167 Å². The van der Waals surface area contributed by atoms with Crippen molar-refractivity contribution in [2.24, 2.45) is 4.99 Å². The maximum atomic E-state index is 13.6. The summed E-state index contributed by atoms with van der Waals surface area (Å²) in [6, 6.07) is 10.6. The summed E-state index contributed by atoms with van der Waals surface area (Å²) in [5, 5.41) is 0. The van der Waals surface area contributed by atoms with E-state index in [9.17, 15) is 9.18 Å². The number of fused-ring (bicyclic) bond motifs is 2. The first kappa shape index (κ1) is 19.0. The number of hydrogen-bond donors (Lipinski definition) is 0. The third-order valence-electron chi connectivity index (χ3n) is 5.10. The topological polar surface area (TPSA) is 43.6 Å². The minimum atomic E-state index is -0.293. The zero-order chi connectivity index (χ0) is 19.5. The third kappa shape index (κ3) is 3.93. The van der Waals surface area contributed by atoms with Crippen molar-refractivity contribution in [3.05, 3.63) is 63.7 Å². The summed E-state index contributed by atoms with van der Waals surface area (Å²) in [5.41, 5.74) is 4.07. The second kappa shape index (κ2) is 8.37. The first-order valence-corrected chi connectivity index (χ1v) is 10.5. The van der Waals surface area contributed by atoms with Crippen LogP contribution in [0, 0.1) is 5.82 Å². The Hall–Kier alpha value is -2.31. The van der Waals surface area contributed by atoms with Crippen molar-refractivity contribution in [2.75, 3.05) is 13.2 Å². The van der Waals surface area contributed by atoms with E-state index in [4.69, 9.17) is 4.74 Å². The summed E-state index contributed by atoms with van der Waals surface area (Å²) in [5.74, 6) is -0.552. The van der Waals surface area contributed by atoms with Gasteiger partial charge in [0, 0.05) is 18.7 Å². The molecule has 0 radical (unpaired) electrons. The van der Waals surface area contributed by atoms with Crippen molar-refractivity contribution in [2.45, 2.75) is 39.2 Å². The third-order valence-corrected chi connectivity index (χ3v) is 6.14. The van der Waals surface area contributed by atoms with Gasteiger partial charge in [0.05, 0.1) is 16.8 Å². The van der Waals surface area contributed by atoms with Crippen molar-refractivity contribution in [3.63, 3.8) is 0 Å². The van der Waals surface area contributed by atoms with Crippen LogP contribution in [0.15, 0.2) is 41.4 Å². The normalized spacial score (nSPS) is 14.4. The number of hydrogen-bond acceptors (Lipinski definition) is 3. The van der Waals surface area contributed by atoms with Gasteiger partial charge in [-0.25, -0.2) is 4.39 Å². The highest BCUT2D eigenvalue weighted by molar-refractivity contribution is 7.16. The lowest BCUT2D eigenvalue weighted by Gasteiger charge is -2.15. The summed E-state index contributed by atoms with van der Waals surface area (Å²) in [6.07, 6.45) is 4.48. The molecule has 0 saturated carbocycles. The van der Waals surface area contributed by atoms with Crippen LogP contribution in [0.2, 0.25) is 0 Å². The highest BCUT2D eigenvalue weighted by Gasteiger charge is 2.14. The number of carbonyl (C=O) groups excluding carboxylic acids is 1. The molecule has 6 heteroatoms. The van der Waals surface area contributed by atoms with Gasteiger partial charge in [-0.05, 0) is 74.1 Å². The summed E-state index contributed by atoms with van der Waals surface area (Å²) in [4.78, 5) is 17.8. The zero-order valence-electron chi connectivity index (χ0n) is 15.9. The summed E-state index contributed by atoms with van der Waals surface area (Å²) in [7, 11) is 0. The number of aryl methyl sites for hydroxylation is 2. The van der Waals surface area contributed by atoms with Gasteiger partial charge in [0.2, 0.25) is 0 Å². The van der Waals surface area contributed by atoms with Crippen LogP contribution in [0.5, 0.6) is 0 Å². The number of carbonyl (C=O) groups is 1. The minimum Gasteiger partial charge on any atom is -0.380 e. The Balaban J connectivity index is 1.73. The number of nitrogens with zero attached hydrogens (tertiary/aromatic N) is 2. The van der Waals surface area contributed by atoms with Crippen LogP contribution in [0.3, 0.4) is 0 Å². The lowest BCUT2D eigenvalue weighted by atomic mass is 9.90. The highest BCUT2D eigenvalue weighted by Crippen LogP contribution is 2.23. The van der Waals surface area contributed by atoms with Gasteiger partial charge in [0.1, 0.15) is 5.82 Å². The molecule has 4 rings (SSSR count). The maximum Gasteiger partial charge on any atom is 0.279 e. The van der Waals surface area contributed by atoms with Gasteiger partial charge >= 0.3 is 0 Å². The molecular weight excluding hydrogens is 375 g/mol. The quantitative estimate of drug-likeness (QED) is 0.594. The Morgan fingerprint density at radius 3 is 2.82 bits per heavy atom. The molecule has 1 aliphatic rings. The van der Waals surface area contributed by atoms with Gasteiger partial charge in [0.15, 0.2) is 4.80 Å². The van der Waals surface area contributed by atoms with E-state index < -0.39 is 0 Å². The van der Waals surface area contributed by atoms with Crippen LogP contribution < -0.4 is 4.80 Å². The molecule has 0 bridgehead atoms. The van der Waals surface area contributed by atoms with Crippen molar-refractivity contribution >= 4 is 27.5 Å². The van der Waals surface area contributed by atoms with E-state index in [1.807, 2.05) is 23.6 Å². The van der Waals surface area contributed by atoms with Crippen molar-refractivity contribution in [1.29, 1.82) is 0 Å². The molecule has 1 aliphatic carbocycles. The molecule has 1 heterocycles. The molecule has 28 heavy (non-hydrogen) atoms. The van der Waals surface area contributed by atoms with Gasteiger partial charge in [0.25, 0.3) is 5.91 Å². The Bertz CT molecular complexity index is 1080. The first-order valence-electron chi connectivity index (χ1n) is 9.73. The highest BCUT2D eigenvalue weighted by atomic mass is 32.1. The fourth-order valence-electron chi connectivity index (χ4n) is 3.67. The van der Waals surface area contributed by atoms with Gasteiger partial charge in [-0.2, -0.15) is 4.99 Å². The Morgan fingerprint density at radius 1 is 1.18 bits per heavy atom. The molecule has 2 aromatic carbocycles. The van der Waals surface area contributed by atoms with Crippen LogP contribution in [0.25, 0.3) is 10.2 Å².